The van der Waals surface area contributed by atoms with E-state index < -0.39 is 0 Å². The second kappa shape index (κ2) is 4.19. The van der Waals surface area contributed by atoms with Crippen molar-refractivity contribution in [2.24, 2.45) is 0 Å². The van der Waals surface area contributed by atoms with E-state index >= 15 is 0 Å². The zero-order valence-corrected chi connectivity index (χ0v) is 8.52. The molecule has 0 spiro atoms. The first-order valence-corrected chi connectivity index (χ1v) is 5.54. The lowest BCUT2D eigenvalue weighted by Gasteiger charge is -2.25. The quantitative estimate of drug-likeness (QED) is 0.780. The van der Waals surface area contributed by atoms with Crippen molar-refractivity contribution in [1.82, 2.24) is 0 Å². The summed E-state index contributed by atoms with van der Waals surface area (Å²) in [6.45, 7) is 1.64. The van der Waals surface area contributed by atoms with Gasteiger partial charge in [-0.05, 0) is 17.7 Å². The topological polar surface area (TPSA) is 35.2 Å². The zero-order valence-electron chi connectivity index (χ0n) is 7.70. The van der Waals surface area contributed by atoms with Gasteiger partial charge in [0.15, 0.2) is 0 Å². The number of nitrogens with two attached hydrogens (primary N) is 1. The normalized spacial score (nSPS) is 16.6. The standard InChI is InChI=1S/C10H12FNOS/c11-9-3-7(1-2-10(9)12)6-14-8-4-13-5-8/h1-3,8H,4-6,12H2. The van der Waals surface area contributed by atoms with E-state index in [0.717, 1.165) is 24.5 Å². The van der Waals surface area contributed by atoms with Crippen molar-refractivity contribution in [2.45, 2.75) is 11.0 Å². The lowest BCUT2D eigenvalue weighted by atomic mass is 10.2. The molecule has 4 heteroatoms. The first-order chi connectivity index (χ1) is 6.75. The molecule has 0 aliphatic carbocycles. The molecule has 0 aromatic heterocycles. The summed E-state index contributed by atoms with van der Waals surface area (Å²) in [5.74, 6) is 0.499. The van der Waals surface area contributed by atoms with Crippen LogP contribution in [0, 0.1) is 5.82 Å². The minimum absolute atomic E-state index is 0.214. The summed E-state index contributed by atoms with van der Waals surface area (Å²) in [6, 6.07) is 4.98. The Morgan fingerprint density at radius 3 is 2.86 bits per heavy atom. The first kappa shape index (κ1) is 9.80. The van der Waals surface area contributed by atoms with Crippen LogP contribution >= 0.6 is 11.8 Å². The average molecular weight is 213 g/mol. The van der Waals surface area contributed by atoms with Gasteiger partial charge in [0.1, 0.15) is 5.82 Å². The van der Waals surface area contributed by atoms with Crippen molar-refractivity contribution in [3.8, 4) is 0 Å². The summed E-state index contributed by atoms with van der Waals surface area (Å²) in [7, 11) is 0. The molecule has 1 fully saturated rings. The Labute approximate surface area is 86.6 Å². The maximum Gasteiger partial charge on any atom is 0.146 e. The third-order valence-corrected chi connectivity index (χ3v) is 3.40. The highest BCUT2D eigenvalue weighted by Crippen LogP contribution is 2.24. The molecule has 0 unspecified atom stereocenters. The summed E-state index contributed by atoms with van der Waals surface area (Å²) < 4.78 is 18.1. The summed E-state index contributed by atoms with van der Waals surface area (Å²) in [4.78, 5) is 0. The first-order valence-electron chi connectivity index (χ1n) is 4.49. The van der Waals surface area contributed by atoms with Crippen LogP contribution in [0.5, 0.6) is 0 Å². The van der Waals surface area contributed by atoms with Crippen molar-refractivity contribution in [3.05, 3.63) is 29.6 Å². The van der Waals surface area contributed by atoms with E-state index in [9.17, 15) is 4.39 Å². The molecule has 0 saturated carbocycles. The minimum Gasteiger partial charge on any atom is -0.396 e. The number of anilines is 1. The fourth-order valence-electron chi connectivity index (χ4n) is 1.18. The molecule has 1 heterocycles. The maximum atomic E-state index is 13.0. The molecular weight excluding hydrogens is 201 g/mol. The van der Waals surface area contributed by atoms with Crippen molar-refractivity contribution >= 4 is 17.4 Å². The molecule has 76 valence electrons. The van der Waals surface area contributed by atoms with Crippen LogP contribution in [0.3, 0.4) is 0 Å². The van der Waals surface area contributed by atoms with E-state index in [4.69, 9.17) is 10.5 Å². The van der Waals surface area contributed by atoms with Gasteiger partial charge in [-0.2, -0.15) is 0 Å². The van der Waals surface area contributed by atoms with Gasteiger partial charge in [-0.1, -0.05) is 6.07 Å². The molecule has 2 rings (SSSR count). The van der Waals surface area contributed by atoms with Gasteiger partial charge in [0.25, 0.3) is 0 Å². The van der Waals surface area contributed by atoms with Crippen molar-refractivity contribution in [2.75, 3.05) is 18.9 Å². The van der Waals surface area contributed by atoms with Gasteiger partial charge in [0.05, 0.1) is 24.2 Å². The number of nitrogen functional groups attached to an aromatic ring is 1. The number of halogens is 1. The number of hydrogen-bond acceptors (Lipinski definition) is 3. The highest BCUT2D eigenvalue weighted by molar-refractivity contribution is 7.99. The molecule has 1 saturated heterocycles. The van der Waals surface area contributed by atoms with Crippen LogP contribution in [0.4, 0.5) is 10.1 Å². The Morgan fingerprint density at radius 1 is 1.50 bits per heavy atom. The van der Waals surface area contributed by atoms with Gasteiger partial charge in [0, 0.05) is 5.75 Å². The molecule has 1 aromatic carbocycles. The molecular formula is C10H12FNOS. The van der Waals surface area contributed by atoms with Crippen LogP contribution in [-0.2, 0) is 10.5 Å². The second-order valence-corrected chi connectivity index (χ2v) is 4.62. The third-order valence-electron chi connectivity index (χ3n) is 2.16. The summed E-state index contributed by atoms with van der Waals surface area (Å²) in [6.07, 6.45) is 0. The van der Waals surface area contributed by atoms with Crippen LogP contribution in [0.2, 0.25) is 0 Å². The molecule has 0 radical (unpaired) electrons. The fourth-order valence-corrected chi connectivity index (χ4v) is 2.18. The lowest BCUT2D eigenvalue weighted by Crippen LogP contribution is -2.30. The molecule has 1 aromatic rings. The summed E-state index contributed by atoms with van der Waals surface area (Å²) >= 11 is 1.80. The maximum absolute atomic E-state index is 13.0. The number of thioether (sulfide) groups is 1. The number of benzene rings is 1. The molecule has 1 aliphatic rings. The number of ether oxygens (including phenoxy) is 1. The lowest BCUT2D eigenvalue weighted by molar-refractivity contribution is 0.0455. The van der Waals surface area contributed by atoms with Crippen molar-refractivity contribution < 1.29 is 9.13 Å². The van der Waals surface area contributed by atoms with E-state index in [1.165, 1.54) is 6.07 Å². The minimum atomic E-state index is -0.326. The predicted octanol–water partition coefficient (Wildman–Crippen LogP) is 2.04. The third kappa shape index (κ3) is 2.19. The molecule has 0 atom stereocenters. The van der Waals surface area contributed by atoms with Crippen molar-refractivity contribution in [3.63, 3.8) is 0 Å². The zero-order chi connectivity index (χ0) is 9.97. The van der Waals surface area contributed by atoms with Gasteiger partial charge in [-0.25, -0.2) is 4.39 Å². The monoisotopic (exact) mass is 213 g/mol. The second-order valence-electron chi connectivity index (χ2n) is 3.33. The summed E-state index contributed by atoms with van der Waals surface area (Å²) in [5.41, 5.74) is 6.57. The SMILES string of the molecule is Nc1ccc(CSC2COC2)cc1F. The molecule has 0 amide bonds. The molecule has 1 aliphatic heterocycles. The van der Waals surface area contributed by atoms with Crippen LogP contribution in [0.25, 0.3) is 0 Å². The van der Waals surface area contributed by atoms with Crippen LogP contribution < -0.4 is 5.73 Å². The average Bonchev–Trinajstić information content (AvgIpc) is 2.08. The van der Waals surface area contributed by atoms with E-state index in [0.29, 0.717) is 5.25 Å². The number of hydrogen-bond donors (Lipinski definition) is 1. The molecule has 14 heavy (non-hydrogen) atoms. The summed E-state index contributed by atoms with van der Waals surface area (Å²) in [5, 5.41) is 0.579. The Morgan fingerprint density at radius 2 is 2.29 bits per heavy atom. The molecule has 0 bridgehead atoms. The van der Waals surface area contributed by atoms with Gasteiger partial charge in [-0.3, -0.25) is 0 Å². The highest BCUT2D eigenvalue weighted by Gasteiger charge is 2.18. The van der Waals surface area contributed by atoms with Crippen molar-refractivity contribution in [1.29, 1.82) is 0 Å². The van der Waals surface area contributed by atoms with E-state index in [1.807, 2.05) is 6.07 Å². The fraction of sp³-hybridized carbons (Fsp3) is 0.400. The Balaban J connectivity index is 1.91. The predicted molar refractivity (Wildman–Crippen MR) is 56.7 cm³/mol. The van der Waals surface area contributed by atoms with Gasteiger partial charge in [0.2, 0.25) is 0 Å². The van der Waals surface area contributed by atoms with Gasteiger partial charge >= 0.3 is 0 Å². The largest absolute Gasteiger partial charge is 0.396 e. The van der Waals surface area contributed by atoms with Crippen LogP contribution in [0.1, 0.15) is 5.56 Å². The Bertz CT molecular complexity index is 328. The molecule has 2 nitrogen and oxygen atoms in total. The van der Waals surface area contributed by atoms with E-state index in [2.05, 4.69) is 0 Å². The van der Waals surface area contributed by atoms with Crippen LogP contribution in [-0.4, -0.2) is 18.5 Å². The van der Waals surface area contributed by atoms with E-state index in [-0.39, 0.29) is 11.5 Å². The number of rotatable bonds is 3. The van der Waals surface area contributed by atoms with Gasteiger partial charge in [-0.15, -0.1) is 11.8 Å². The smallest absolute Gasteiger partial charge is 0.146 e. The van der Waals surface area contributed by atoms with Crippen LogP contribution in [0.15, 0.2) is 18.2 Å². The van der Waals surface area contributed by atoms with E-state index in [1.54, 1.807) is 17.8 Å². The molecule has 2 N–H and O–H groups in total. The van der Waals surface area contributed by atoms with Gasteiger partial charge < -0.3 is 10.5 Å². The Kier molecular flexibility index (Phi) is 2.93. The Hall–Kier alpha value is -0.740. The highest BCUT2D eigenvalue weighted by atomic mass is 32.2.